The fourth-order valence-corrected chi connectivity index (χ4v) is 1.74. The Morgan fingerprint density at radius 3 is 2.05 bits per heavy atom. The van der Waals surface area contributed by atoms with Gasteiger partial charge in [0, 0.05) is 6.08 Å². The lowest BCUT2D eigenvalue weighted by Gasteiger charge is -2.01. The van der Waals surface area contributed by atoms with Crippen molar-refractivity contribution < 1.29 is 9.90 Å². The summed E-state index contributed by atoms with van der Waals surface area (Å²) in [5.41, 5.74) is 2.60. The quantitative estimate of drug-likeness (QED) is 0.660. The number of rotatable bonds is 4. The Kier molecular flexibility index (Phi) is 4.29. The smallest absolute Gasteiger partial charge is 0.328 e. The molecule has 2 aromatic rings. The predicted molar refractivity (Wildman–Crippen MR) is 77.5 cm³/mol. The second-order valence-corrected chi connectivity index (χ2v) is 4.05. The third kappa shape index (κ3) is 3.96. The Labute approximate surface area is 112 Å². The number of benzene rings is 2. The zero-order valence-corrected chi connectivity index (χ0v) is 10.4. The first-order chi connectivity index (χ1) is 9.25. The van der Waals surface area contributed by atoms with Crippen molar-refractivity contribution in [3.8, 4) is 0 Å². The van der Waals surface area contributed by atoms with Crippen LogP contribution in [0.1, 0.15) is 11.1 Å². The van der Waals surface area contributed by atoms with Gasteiger partial charge in [0.05, 0.1) is 0 Å². The fraction of sp³-hybridized carbons (Fsp3) is 0. The molecule has 0 aliphatic rings. The molecule has 0 amide bonds. The van der Waals surface area contributed by atoms with Gasteiger partial charge in [0.15, 0.2) is 0 Å². The molecular weight excluding hydrogens is 236 g/mol. The van der Waals surface area contributed by atoms with Crippen LogP contribution < -0.4 is 0 Å². The van der Waals surface area contributed by atoms with Crippen LogP contribution in [0.25, 0.3) is 11.6 Å². The summed E-state index contributed by atoms with van der Waals surface area (Å²) in [7, 11) is 0. The van der Waals surface area contributed by atoms with Gasteiger partial charge in [0.25, 0.3) is 0 Å². The van der Waals surface area contributed by atoms with Gasteiger partial charge in [-0.2, -0.15) is 0 Å². The first-order valence-corrected chi connectivity index (χ1v) is 5.99. The highest BCUT2D eigenvalue weighted by molar-refractivity contribution is 5.94. The second kappa shape index (κ2) is 6.36. The van der Waals surface area contributed by atoms with Crippen molar-refractivity contribution in [1.82, 2.24) is 0 Å². The fourth-order valence-electron chi connectivity index (χ4n) is 1.74. The van der Waals surface area contributed by atoms with Crippen LogP contribution in [0.2, 0.25) is 0 Å². The van der Waals surface area contributed by atoms with Gasteiger partial charge in [-0.25, -0.2) is 4.79 Å². The summed E-state index contributed by atoms with van der Waals surface area (Å²) in [5, 5.41) is 8.93. The normalized spacial score (nSPS) is 11.7. The van der Waals surface area contributed by atoms with Crippen LogP contribution in [-0.2, 0) is 4.79 Å². The second-order valence-electron chi connectivity index (χ2n) is 4.05. The Morgan fingerprint density at radius 1 is 0.895 bits per heavy atom. The molecular formula is C17H14O2. The minimum Gasteiger partial charge on any atom is -0.478 e. The standard InChI is InChI=1S/C17H14O2/c18-17(19)13-16(15-9-5-2-6-10-15)12-11-14-7-3-1-4-8-14/h1-13H,(H,18,19). The molecule has 0 unspecified atom stereocenters. The highest BCUT2D eigenvalue weighted by atomic mass is 16.4. The SMILES string of the molecule is O=C(O)C=C(C=Cc1ccccc1)c1ccccc1. The average Bonchev–Trinajstić information content (AvgIpc) is 2.45. The van der Waals surface area contributed by atoms with Gasteiger partial charge in [0.2, 0.25) is 0 Å². The maximum absolute atomic E-state index is 10.9. The first kappa shape index (κ1) is 12.8. The molecule has 2 aromatic carbocycles. The van der Waals surface area contributed by atoms with E-state index in [2.05, 4.69) is 0 Å². The molecule has 2 nitrogen and oxygen atoms in total. The Balaban J connectivity index is 2.31. The topological polar surface area (TPSA) is 37.3 Å². The van der Waals surface area contributed by atoms with E-state index in [9.17, 15) is 4.79 Å². The maximum atomic E-state index is 10.9. The monoisotopic (exact) mass is 250 g/mol. The number of carboxylic acids is 1. The Morgan fingerprint density at radius 2 is 1.47 bits per heavy atom. The predicted octanol–water partition coefficient (Wildman–Crippen LogP) is 3.87. The van der Waals surface area contributed by atoms with Gasteiger partial charge in [0.1, 0.15) is 0 Å². The molecule has 0 spiro atoms. The summed E-state index contributed by atoms with van der Waals surface area (Å²) < 4.78 is 0. The lowest BCUT2D eigenvalue weighted by atomic mass is 10.0. The van der Waals surface area contributed by atoms with Crippen molar-refractivity contribution in [2.75, 3.05) is 0 Å². The molecule has 0 aromatic heterocycles. The van der Waals surface area contributed by atoms with Crippen LogP contribution in [0.5, 0.6) is 0 Å². The van der Waals surface area contributed by atoms with Gasteiger partial charge in [-0.3, -0.25) is 0 Å². The average molecular weight is 250 g/mol. The molecule has 94 valence electrons. The number of allylic oxidation sites excluding steroid dienone is 2. The number of hydrogen-bond acceptors (Lipinski definition) is 1. The van der Waals surface area contributed by atoms with E-state index < -0.39 is 5.97 Å². The lowest BCUT2D eigenvalue weighted by Crippen LogP contribution is -1.90. The number of carboxylic acid groups (broad SMARTS) is 1. The summed E-state index contributed by atoms with van der Waals surface area (Å²) in [6.07, 6.45) is 4.94. The van der Waals surface area contributed by atoms with Gasteiger partial charge in [-0.15, -0.1) is 0 Å². The molecule has 19 heavy (non-hydrogen) atoms. The third-order valence-electron chi connectivity index (χ3n) is 2.64. The molecule has 2 heteroatoms. The molecule has 0 aliphatic carbocycles. The first-order valence-electron chi connectivity index (χ1n) is 5.99. The molecule has 0 radical (unpaired) electrons. The Hall–Kier alpha value is -2.61. The lowest BCUT2D eigenvalue weighted by molar-refractivity contribution is -0.131. The number of hydrogen-bond donors (Lipinski definition) is 1. The molecule has 0 saturated carbocycles. The summed E-state index contributed by atoms with van der Waals surface area (Å²) >= 11 is 0. The van der Waals surface area contributed by atoms with Crippen LogP contribution in [-0.4, -0.2) is 11.1 Å². The van der Waals surface area contributed by atoms with Crippen molar-refractivity contribution in [3.63, 3.8) is 0 Å². The van der Waals surface area contributed by atoms with Crippen molar-refractivity contribution in [1.29, 1.82) is 0 Å². The van der Waals surface area contributed by atoms with Crippen LogP contribution in [0.15, 0.2) is 72.8 Å². The minimum absolute atomic E-state index is 0.678. The van der Waals surface area contributed by atoms with Gasteiger partial charge < -0.3 is 5.11 Å². The van der Waals surface area contributed by atoms with Crippen molar-refractivity contribution in [2.45, 2.75) is 0 Å². The number of carbonyl (C=O) groups is 1. The highest BCUT2D eigenvalue weighted by Crippen LogP contribution is 2.17. The zero-order valence-electron chi connectivity index (χ0n) is 10.4. The van der Waals surface area contributed by atoms with E-state index >= 15 is 0 Å². The largest absolute Gasteiger partial charge is 0.478 e. The molecule has 0 bridgehead atoms. The van der Waals surface area contributed by atoms with Crippen LogP contribution >= 0.6 is 0 Å². The van der Waals surface area contributed by atoms with Crippen molar-refractivity contribution in [2.24, 2.45) is 0 Å². The van der Waals surface area contributed by atoms with Crippen molar-refractivity contribution in [3.05, 3.63) is 83.9 Å². The zero-order chi connectivity index (χ0) is 13.5. The third-order valence-corrected chi connectivity index (χ3v) is 2.64. The van der Waals surface area contributed by atoms with Crippen LogP contribution in [0.4, 0.5) is 0 Å². The molecule has 1 N–H and O–H groups in total. The van der Waals surface area contributed by atoms with Gasteiger partial charge in [-0.05, 0) is 16.7 Å². The number of aliphatic carboxylic acids is 1. The van der Waals surface area contributed by atoms with E-state index in [4.69, 9.17) is 5.11 Å². The van der Waals surface area contributed by atoms with E-state index in [1.165, 1.54) is 6.08 Å². The van der Waals surface area contributed by atoms with E-state index in [-0.39, 0.29) is 0 Å². The molecule has 2 rings (SSSR count). The van der Waals surface area contributed by atoms with Gasteiger partial charge >= 0.3 is 5.97 Å². The molecule has 0 fully saturated rings. The van der Waals surface area contributed by atoms with E-state index in [1.807, 2.05) is 72.8 Å². The van der Waals surface area contributed by atoms with E-state index in [0.29, 0.717) is 5.57 Å². The maximum Gasteiger partial charge on any atom is 0.328 e. The molecule has 0 atom stereocenters. The summed E-state index contributed by atoms with van der Waals surface area (Å²) in [6, 6.07) is 19.3. The van der Waals surface area contributed by atoms with E-state index in [0.717, 1.165) is 11.1 Å². The molecule has 0 saturated heterocycles. The summed E-state index contributed by atoms with van der Waals surface area (Å²) in [5.74, 6) is -0.948. The summed E-state index contributed by atoms with van der Waals surface area (Å²) in [6.45, 7) is 0. The molecule has 0 aliphatic heterocycles. The minimum atomic E-state index is -0.948. The Bertz CT molecular complexity index is 596. The molecule has 0 heterocycles. The van der Waals surface area contributed by atoms with Crippen molar-refractivity contribution >= 4 is 17.6 Å². The van der Waals surface area contributed by atoms with Crippen LogP contribution in [0.3, 0.4) is 0 Å². The van der Waals surface area contributed by atoms with Crippen LogP contribution in [0, 0.1) is 0 Å². The highest BCUT2D eigenvalue weighted by Gasteiger charge is 2.00. The van der Waals surface area contributed by atoms with Gasteiger partial charge in [-0.1, -0.05) is 72.8 Å². The van der Waals surface area contributed by atoms with E-state index in [1.54, 1.807) is 0 Å². The summed E-state index contributed by atoms with van der Waals surface area (Å²) in [4.78, 5) is 10.9.